The molecule has 1 aromatic carbocycles. The zero-order valence-electron chi connectivity index (χ0n) is 18.6. The lowest BCUT2D eigenvalue weighted by Crippen LogP contribution is -2.30. The van der Waals surface area contributed by atoms with E-state index in [-0.39, 0.29) is 30.2 Å². The minimum Gasteiger partial charge on any atom is -0.396 e. The Morgan fingerprint density at radius 1 is 1.25 bits per heavy atom. The molecule has 4 rings (SSSR count). The van der Waals surface area contributed by atoms with Crippen molar-refractivity contribution in [3.63, 3.8) is 0 Å². The van der Waals surface area contributed by atoms with Gasteiger partial charge in [-0.1, -0.05) is 32.4 Å². The van der Waals surface area contributed by atoms with Crippen molar-refractivity contribution >= 4 is 23.2 Å². The highest BCUT2D eigenvalue weighted by Gasteiger charge is 2.38. The number of aliphatic hydroxyl groups excluding tert-OH is 1. The van der Waals surface area contributed by atoms with Gasteiger partial charge < -0.3 is 10.0 Å². The first kappa shape index (κ1) is 22.5. The van der Waals surface area contributed by atoms with Crippen LogP contribution >= 0.6 is 11.6 Å². The molecular formula is C23H27ClFN5O2. The van der Waals surface area contributed by atoms with Crippen LogP contribution in [0, 0.1) is 12.7 Å². The number of aliphatic hydroxyl groups is 1. The number of hydrogen-bond acceptors (Lipinski definition) is 4. The SMILES string of the molecule is Cc1c(Cl)c(C(C)CO)nn1C1CCN(c2cnn(-c3ccc(F)cc3)c2C(C)C)C1=O. The highest BCUT2D eigenvalue weighted by Crippen LogP contribution is 2.37. The van der Waals surface area contributed by atoms with Crippen LogP contribution in [-0.2, 0) is 4.79 Å². The second kappa shape index (κ2) is 8.67. The lowest BCUT2D eigenvalue weighted by Gasteiger charge is -2.20. The Labute approximate surface area is 191 Å². The van der Waals surface area contributed by atoms with Crippen molar-refractivity contribution in [1.29, 1.82) is 0 Å². The quantitative estimate of drug-likeness (QED) is 0.594. The normalized spacial score (nSPS) is 17.6. The molecule has 0 radical (unpaired) electrons. The van der Waals surface area contributed by atoms with Gasteiger partial charge in [0.1, 0.15) is 11.9 Å². The van der Waals surface area contributed by atoms with Crippen LogP contribution in [0.1, 0.15) is 62.2 Å². The summed E-state index contributed by atoms with van der Waals surface area (Å²) in [7, 11) is 0. The monoisotopic (exact) mass is 459 g/mol. The number of rotatable bonds is 6. The van der Waals surface area contributed by atoms with Crippen LogP contribution in [-0.4, -0.2) is 43.7 Å². The fraction of sp³-hybridized carbons (Fsp3) is 0.435. The lowest BCUT2D eigenvalue weighted by atomic mass is 10.1. The summed E-state index contributed by atoms with van der Waals surface area (Å²) in [6, 6.07) is 5.67. The molecule has 1 fully saturated rings. The molecule has 9 heteroatoms. The maximum atomic E-state index is 13.5. The Hall–Kier alpha value is -2.71. The Morgan fingerprint density at radius 3 is 2.56 bits per heavy atom. The molecule has 0 saturated carbocycles. The summed E-state index contributed by atoms with van der Waals surface area (Å²) in [4.78, 5) is 15.2. The summed E-state index contributed by atoms with van der Waals surface area (Å²) in [5.41, 5.74) is 3.69. The molecule has 1 aliphatic heterocycles. The average Bonchev–Trinajstić information content (AvgIpc) is 3.44. The maximum absolute atomic E-state index is 13.5. The molecule has 32 heavy (non-hydrogen) atoms. The number of nitrogens with zero attached hydrogens (tertiary/aromatic N) is 5. The fourth-order valence-corrected chi connectivity index (χ4v) is 4.55. The summed E-state index contributed by atoms with van der Waals surface area (Å²) in [6.45, 7) is 8.23. The summed E-state index contributed by atoms with van der Waals surface area (Å²) in [5, 5.41) is 19.1. The summed E-state index contributed by atoms with van der Waals surface area (Å²) in [5.74, 6) is -0.511. The predicted octanol–water partition coefficient (Wildman–Crippen LogP) is 4.37. The third-order valence-corrected chi connectivity index (χ3v) is 6.48. The van der Waals surface area contributed by atoms with Crippen LogP contribution in [0.3, 0.4) is 0 Å². The lowest BCUT2D eigenvalue weighted by molar-refractivity contribution is -0.120. The molecular weight excluding hydrogens is 433 g/mol. The third kappa shape index (κ3) is 3.71. The number of hydrogen-bond donors (Lipinski definition) is 1. The van der Waals surface area contributed by atoms with Crippen LogP contribution < -0.4 is 4.90 Å². The smallest absolute Gasteiger partial charge is 0.252 e. The van der Waals surface area contributed by atoms with Gasteiger partial charge in [0.15, 0.2) is 0 Å². The standard InChI is InChI=1S/C23H27ClFN5O2/c1-13(2)22-19(11-26-30(22)17-7-5-16(25)6-8-17)28-10-9-18(23(28)32)29-15(4)20(24)21(27-29)14(3)12-31/h5-8,11,13-14,18,31H,9-10,12H2,1-4H3. The minimum atomic E-state index is -0.471. The van der Waals surface area contributed by atoms with Gasteiger partial charge in [-0.05, 0) is 43.5 Å². The molecule has 0 spiro atoms. The van der Waals surface area contributed by atoms with Gasteiger partial charge in [0, 0.05) is 12.5 Å². The molecule has 2 atom stereocenters. The molecule has 170 valence electrons. The second-order valence-corrected chi connectivity index (χ2v) is 8.94. The van der Waals surface area contributed by atoms with Gasteiger partial charge in [-0.2, -0.15) is 10.2 Å². The van der Waals surface area contributed by atoms with E-state index in [1.54, 1.807) is 32.6 Å². The van der Waals surface area contributed by atoms with Gasteiger partial charge in [0.2, 0.25) is 0 Å². The first-order chi connectivity index (χ1) is 15.2. The first-order valence-electron chi connectivity index (χ1n) is 10.7. The summed E-state index contributed by atoms with van der Waals surface area (Å²) >= 11 is 6.46. The Morgan fingerprint density at radius 2 is 1.94 bits per heavy atom. The van der Waals surface area contributed by atoms with E-state index in [9.17, 15) is 14.3 Å². The Kier molecular flexibility index (Phi) is 6.09. The van der Waals surface area contributed by atoms with Crippen molar-refractivity contribution in [2.45, 2.75) is 52.0 Å². The molecule has 3 aromatic rings. The van der Waals surface area contributed by atoms with E-state index in [0.717, 1.165) is 17.1 Å². The third-order valence-electron chi connectivity index (χ3n) is 6.01. The van der Waals surface area contributed by atoms with Crippen molar-refractivity contribution in [3.05, 3.63) is 58.4 Å². The van der Waals surface area contributed by atoms with E-state index < -0.39 is 6.04 Å². The first-order valence-corrected chi connectivity index (χ1v) is 11.1. The van der Waals surface area contributed by atoms with E-state index in [1.165, 1.54) is 12.1 Å². The summed E-state index contributed by atoms with van der Waals surface area (Å²) < 4.78 is 16.8. The number of halogens is 2. The Bertz CT molecular complexity index is 1140. The highest BCUT2D eigenvalue weighted by atomic mass is 35.5. The zero-order valence-corrected chi connectivity index (χ0v) is 19.3. The molecule has 0 aliphatic carbocycles. The van der Waals surface area contributed by atoms with Crippen molar-refractivity contribution in [2.24, 2.45) is 0 Å². The molecule has 2 unspecified atom stereocenters. The molecule has 0 bridgehead atoms. The molecule has 1 aliphatic rings. The van der Waals surface area contributed by atoms with Crippen LogP contribution in [0.5, 0.6) is 0 Å². The molecule has 1 saturated heterocycles. The van der Waals surface area contributed by atoms with Gasteiger partial charge >= 0.3 is 0 Å². The highest BCUT2D eigenvalue weighted by molar-refractivity contribution is 6.32. The van der Waals surface area contributed by atoms with Gasteiger partial charge in [0.25, 0.3) is 5.91 Å². The van der Waals surface area contributed by atoms with Crippen molar-refractivity contribution in [1.82, 2.24) is 19.6 Å². The van der Waals surface area contributed by atoms with Crippen molar-refractivity contribution in [3.8, 4) is 5.69 Å². The zero-order chi connectivity index (χ0) is 23.2. The number of anilines is 1. The van der Waals surface area contributed by atoms with Crippen LogP contribution in [0.4, 0.5) is 10.1 Å². The maximum Gasteiger partial charge on any atom is 0.252 e. The van der Waals surface area contributed by atoms with E-state index in [1.807, 2.05) is 27.7 Å². The number of amides is 1. The number of carbonyl (C=O) groups excluding carboxylic acids is 1. The van der Waals surface area contributed by atoms with Gasteiger partial charge in [-0.25, -0.2) is 9.07 Å². The number of aromatic nitrogens is 4. The van der Waals surface area contributed by atoms with E-state index >= 15 is 0 Å². The largest absolute Gasteiger partial charge is 0.396 e. The fourth-order valence-electron chi connectivity index (χ4n) is 4.24. The van der Waals surface area contributed by atoms with Gasteiger partial charge in [0.05, 0.1) is 46.3 Å². The molecule has 3 heterocycles. The van der Waals surface area contributed by atoms with Gasteiger partial charge in [-0.3, -0.25) is 9.48 Å². The van der Waals surface area contributed by atoms with E-state index in [4.69, 9.17) is 11.6 Å². The summed E-state index contributed by atoms with van der Waals surface area (Å²) in [6.07, 6.45) is 2.28. The topological polar surface area (TPSA) is 76.2 Å². The van der Waals surface area contributed by atoms with Gasteiger partial charge in [-0.15, -0.1) is 0 Å². The van der Waals surface area contributed by atoms with Crippen LogP contribution in [0.2, 0.25) is 5.02 Å². The molecule has 1 amide bonds. The number of carbonyl (C=O) groups is 1. The molecule has 2 aromatic heterocycles. The molecule has 1 N–H and O–H groups in total. The second-order valence-electron chi connectivity index (χ2n) is 8.57. The van der Waals surface area contributed by atoms with E-state index in [0.29, 0.717) is 29.4 Å². The van der Waals surface area contributed by atoms with Crippen LogP contribution in [0.15, 0.2) is 30.5 Å². The van der Waals surface area contributed by atoms with E-state index in [2.05, 4.69) is 10.2 Å². The van der Waals surface area contributed by atoms with Crippen molar-refractivity contribution in [2.75, 3.05) is 18.1 Å². The van der Waals surface area contributed by atoms with Crippen LogP contribution in [0.25, 0.3) is 5.69 Å². The molecule has 7 nitrogen and oxygen atoms in total. The minimum absolute atomic E-state index is 0.0682. The number of benzene rings is 1. The average molecular weight is 460 g/mol. The Balaban J connectivity index is 1.69. The predicted molar refractivity (Wildman–Crippen MR) is 121 cm³/mol. The van der Waals surface area contributed by atoms with Crippen molar-refractivity contribution < 1.29 is 14.3 Å².